The maximum atomic E-state index is 12.1. The van der Waals surface area contributed by atoms with E-state index < -0.39 is 0 Å². The molecule has 2 atom stereocenters. The first-order valence-electron chi connectivity index (χ1n) is 11.9. The summed E-state index contributed by atoms with van der Waals surface area (Å²) in [4.78, 5) is 31.5. The first-order valence-corrected chi connectivity index (χ1v) is 11.9. The summed E-state index contributed by atoms with van der Waals surface area (Å²) in [5.74, 6) is 2.01. The molecule has 3 saturated heterocycles. The number of fused-ring (bicyclic) bond motifs is 3. The molecule has 1 N–H and O–H groups in total. The van der Waals surface area contributed by atoms with Crippen LogP contribution >= 0.6 is 0 Å². The monoisotopic (exact) mass is 460 g/mol. The third-order valence-electron chi connectivity index (χ3n) is 6.84. The number of rotatable bonds is 4. The van der Waals surface area contributed by atoms with E-state index in [1.165, 1.54) is 0 Å². The number of anilines is 2. The SMILES string of the molecule is CNC(=O)c1cccc(-c2ccc3c(N4CCOCC4)nc(N4CC5COC(C5)C4)nc3n2)c1. The largest absolute Gasteiger partial charge is 0.378 e. The van der Waals surface area contributed by atoms with E-state index in [0.717, 1.165) is 61.7 Å². The summed E-state index contributed by atoms with van der Waals surface area (Å²) in [6.07, 6.45) is 1.36. The molecule has 2 bridgehead atoms. The Morgan fingerprint density at radius 1 is 1.06 bits per heavy atom. The average molecular weight is 461 g/mol. The molecule has 0 radical (unpaired) electrons. The molecule has 2 unspecified atom stereocenters. The normalized spacial score (nSPS) is 22.3. The van der Waals surface area contributed by atoms with Crippen LogP contribution in [0.4, 0.5) is 11.8 Å². The fourth-order valence-electron chi connectivity index (χ4n) is 5.10. The highest BCUT2D eigenvalue weighted by Crippen LogP contribution is 2.33. The average Bonchev–Trinajstić information content (AvgIpc) is 3.24. The van der Waals surface area contributed by atoms with Crippen LogP contribution in [0.2, 0.25) is 0 Å². The number of piperidine rings is 1. The zero-order valence-corrected chi connectivity index (χ0v) is 19.2. The van der Waals surface area contributed by atoms with Gasteiger partial charge in [-0.15, -0.1) is 0 Å². The number of nitrogens with one attached hydrogen (secondary N) is 1. The number of benzene rings is 1. The van der Waals surface area contributed by atoms with E-state index in [0.29, 0.717) is 36.3 Å². The molecule has 9 nitrogen and oxygen atoms in total. The van der Waals surface area contributed by atoms with Crippen molar-refractivity contribution in [3.05, 3.63) is 42.0 Å². The Morgan fingerprint density at radius 2 is 1.94 bits per heavy atom. The van der Waals surface area contributed by atoms with E-state index in [1.54, 1.807) is 13.1 Å². The molecular formula is C25H28N6O3. The van der Waals surface area contributed by atoms with Gasteiger partial charge in [0.2, 0.25) is 5.95 Å². The lowest BCUT2D eigenvalue weighted by atomic mass is 10.0. The summed E-state index contributed by atoms with van der Waals surface area (Å²) in [7, 11) is 1.63. The van der Waals surface area contributed by atoms with Crippen molar-refractivity contribution in [2.75, 3.05) is 62.8 Å². The predicted octanol–water partition coefficient (Wildman–Crippen LogP) is 2.11. The Bertz CT molecular complexity index is 1220. The number of aromatic nitrogens is 3. The van der Waals surface area contributed by atoms with Gasteiger partial charge >= 0.3 is 0 Å². The topological polar surface area (TPSA) is 92.7 Å². The third-order valence-corrected chi connectivity index (χ3v) is 6.84. The van der Waals surface area contributed by atoms with Crippen LogP contribution in [0.3, 0.4) is 0 Å². The zero-order valence-electron chi connectivity index (χ0n) is 19.2. The molecule has 1 amide bonds. The Kier molecular flexibility index (Phi) is 5.50. The van der Waals surface area contributed by atoms with Gasteiger partial charge in [-0.3, -0.25) is 4.79 Å². The van der Waals surface area contributed by atoms with E-state index in [1.807, 2.05) is 30.3 Å². The van der Waals surface area contributed by atoms with Gasteiger partial charge in [-0.05, 0) is 30.7 Å². The second-order valence-electron chi connectivity index (χ2n) is 9.14. The van der Waals surface area contributed by atoms with Crippen molar-refractivity contribution in [1.29, 1.82) is 0 Å². The molecule has 0 spiro atoms. The van der Waals surface area contributed by atoms with Gasteiger partial charge in [0.05, 0.1) is 37.0 Å². The van der Waals surface area contributed by atoms with Crippen molar-refractivity contribution in [3.63, 3.8) is 0 Å². The number of hydrogen-bond acceptors (Lipinski definition) is 8. The molecule has 0 aliphatic carbocycles. The highest BCUT2D eigenvalue weighted by atomic mass is 16.5. The molecule has 3 aliphatic heterocycles. The minimum absolute atomic E-state index is 0.121. The maximum Gasteiger partial charge on any atom is 0.251 e. The molecule has 3 aromatic rings. The van der Waals surface area contributed by atoms with Crippen LogP contribution < -0.4 is 15.1 Å². The first-order chi connectivity index (χ1) is 16.7. The molecule has 5 heterocycles. The summed E-state index contributed by atoms with van der Waals surface area (Å²) >= 11 is 0. The van der Waals surface area contributed by atoms with E-state index in [9.17, 15) is 4.79 Å². The van der Waals surface area contributed by atoms with Crippen LogP contribution in [-0.4, -0.2) is 80.0 Å². The lowest BCUT2D eigenvalue weighted by Gasteiger charge is -2.32. The van der Waals surface area contributed by atoms with Crippen molar-refractivity contribution >= 4 is 28.7 Å². The van der Waals surface area contributed by atoms with Crippen LogP contribution in [0.15, 0.2) is 36.4 Å². The van der Waals surface area contributed by atoms with Crippen molar-refractivity contribution < 1.29 is 14.3 Å². The minimum Gasteiger partial charge on any atom is -0.378 e. The van der Waals surface area contributed by atoms with Gasteiger partial charge in [0, 0.05) is 50.3 Å². The van der Waals surface area contributed by atoms with Gasteiger partial charge in [-0.2, -0.15) is 9.97 Å². The number of carbonyl (C=O) groups is 1. The van der Waals surface area contributed by atoms with E-state index in [2.05, 4.69) is 15.1 Å². The fraction of sp³-hybridized carbons (Fsp3) is 0.440. The number of amides is 1. The van der Waals surface area contributed by atoms with Crippen molar-refractivity contribution in [2.45, 2.75) is 12.5 Å². The van der Waals surface area contributed by atoms with E-state index in [4.69, 9.17) is 24.4 Å². The lowest BCUT2D eigenvalue weighted by Crippen LogP contribution is -2.41. The van der Waals surface area contributed by atoms with Crippen molar-refractivity contribution in [2.24, 2.45) is 5.92 Å². The van der Waals surface area contributed by atoms with Gasteiger partial charge < -0.3 is 24.6 Å². The fourth-order valence-corrected chi connectivity index (χ4v) is 5.10. The number of nitrogens with zero attached hydrogens (tertiary/aromatic N) is 5. The van der Waals surface area contributed by atoms with E-state index in [-0.39, 0.29) is 12.0 Å². The lowest BCUT2D eigenvalue weighted by molar-refractivity contribution is 0.0963. The Hall–Kier alpha value is -3.30. The second-order valence-corrected chi connectivity index (χ2v) is 9.14. The smallest absolute Gasteiger partial charge is 0.251 e. The quantitative estimate of drug-likeness (QED) is 0.633. The molecule has 2 aromatic heterocycles. The number of ether oxygens (including phenoxy) is 2. The van der Waals surface area contributed by atoms with Crippen LogP contribution in [0.1, 0.15) is 16.8 Å². The third kappa shape index (κ3) is 3.95. The molecule has 3 aliphatic rings. The zero-order chi connectivity index (χ0) is 23.1. The molecule has 34 heavy (non-hydrogen) atoms. The number of hydrogen-bond donors (Lipinski definition) is 1. The van der Waals surface area contributed by atoms with Crippen LogP contribution in [-0.2, 0) is 9.47 Å². The summed E-state index contributed by atoms with van der Waals surface area (Å²) in [6.45, 7) is 5.46. The van der Waals surface area contributed by atoms with Crippen LogP contribution in [0.5, 0.6) is 0 Å². The number of carbonyl (C=O) groups excluding carboxylic acids is 1. The summed E-state index contributed by atoms with van der Waals surface area (Å²) in [5, 5.41) is 3.60. The molecule has 0 saturated carbocycles. The van der Waals surface area contributed by atoms with Gasteiger partial charge in [0.1, 0.15) is 5.82 Å². The molecule has 9 heteroatoms. The highest BCUT2D eigenvalue weighted by Gasteiger charge is 2.35. The van der Waals surface area contributed by atoms with Gasteiger partial charge in [0.25, 0.3) is 5.91 Å². The van der Waals surface area contributed by atoms with Crippen molar-refractivity contribution in [3.8, 4) is 11.3 Å². The Morgan fingerprint density at radius 3 is 2.76 bits per heavy atom. The van der Waals surface area contributed by atoms with E-state index >= 15 is 0 Å². The maximum absolute atomic E-state index is 12.1. The van der Waals surface area contributed by atoms with Gasteiger partial charge in [-0.25, -0.2) is 4.98 Å². The van der Waals surface area contributed by atoms with Crippen molar-refractivity contribution in [1.82, 2.24) is 20.3 Å². The number of morpholine rings is 1. The minimum atomic E-state index is -0.121. The number of pyridine rings is 1. The Balaban J connectivity index is 1.44. The molecule has 176 valence electrons. The standard InChI is InChI=1S/C25H28N6O3/c1-26-24(32)18-4-2-3-17(12-18)21-6-5-20-22(27-21)28-25(29-23(20)30-7-9-33-10-8-30)31-13-16-11-19(14-31)34-15-16/h2-6,12,16,19H,7-11,13-15H2,1H3,(H,26,32). The molecule has 6 rings (SSSR count). The second kappa shape index (κ2) is 8.81. The summed E-state index contributed by atoms with van der Waals surface area (Å²) in [6, 6.07) is 11.5. The summed E-state index contributed by atoms with van der Waals surface area (Å²) < 4.78 is 11.5. The van der Waals surface area contributed by atoms with Gasteiger partial charge in [-0.1, -0.05) is 12.1 Å². The first kappa shape index (κ1) is 21.2. The Labute approximate surface area is 198 Å². The molecule has 3 fully saturated rings. The predicted molar refractivity (Wildman–Crippen MR) is 129 cm³/mol. The van der Waals surface area contributed by atoms with Gasteiger partial charge in [0.15, 0.2) is 5.65 Å². The highest BCUT2D eigenvalue weighted by molar-refractivity contribution is 5.95. The molecular weight excluding hydrogens is 432 g/mol. The molecule has 1 aromatic carbocycles. The van der Waals surface area contributed by atoms with Crippen LogP contribution in [0.25, 0.3) is 22.3 Å². The summed E-state index contributed by atoms with van der Waals surface area (Å²) in [5.41, 5.74) is 2.91. The van der Waals surface area contributed by atoms with Crippen LogP contribution in [0, 0.1) is 5.92 Å².